The van der Waals surface area contributed by atoms with Crippen molar-refractivity contribution in [1.82, 2.24) is 25.1 Å². The van der Waals surface area contributed by atoms with E-state index in [9.17, 15) is 4.79 Å². The number of likely N-dealkylation sites (N-methyl/N-ethyl adjacent to an activating group) is 1. The summed E-state index contributed by atoms with van der Waals surface area (Å²) in [6.45, 7) is 4.91. The Morgan fingerprint density at radius 1 is 1.08 bits per heavy atom. The minimum Gasteiger partial charge on any atom is -0.350 e. The lowest BCUT2D eigenvalue weighted by molar-refractivity contribution is 0.0928. The Labute approximate surface area is 231 Å². The first-order valence-corrected chi connectivity index (χ1v) is 14.4. The highest BCUT2D eigenvalue weighted by atomic mass is 35.5. The van der Waals surface area contributed by atoms with Gasteiger partial charge in [-0.05, 0) is 82.1 Å². The molecule has 1 saturated heterocycles. The van der Waals surface area contributed by atoms with Crippen molar-refractivity contribution < 1.29 is 4.79 Å². The number of anilines is 2. The molecule has 2 aliphatic rings. The standard InChI is InChI=1S/C30H41ClN6O/c1-30(14-6-4-7-15-30)33-19-21-10-12-24(31)25(17-21)34-29-35-26-18-22(11-13-27(26)37(29)3)28(38)32-20-23-9-5-8-16-36(23)2/h10-13,17-18,23,33H,4-9,14-16,19-20H2,1-3H3,(H,32,38)(H,34,35). The second-order valence-corrected chi connectivity index (χ2v) is 11.9. The lowest BCUT2D eigenvalue weighted by atomic mass is 9.83. The molecule has 2 fully saturated rings. The Kier molecular flexibility index (Phi) is 8.26. The molecule has 0 spiro atoms. The molecule has 0 radical (unpaired) electrons. The zero-order valence-corrected chi connectivity index (χ0v) is 23.7. The molecule has 3 N–H and O–H groups in total. The van der Waals surface area contributed by atoms with E-state index < -0.39 is 0 Å². The molecule has 8 heteroatoms. The van der Waals surface area contributed by atoms with Crippen LogP contribution in [0.1, 0.15) is 74.2 Å². The molecule has 1 aliphatic heterocycles. The quantitative estimate of drug-likeness (QED) is 0.329. The Balaban J connectivity index is 1.27. The molecule has 204 valence electrons. The largest absolute Gasteiger partial charge is 0.350 e. The molecule has 1 saturated carbocycles. The van der Waals surface area contributed by atoms with Gasteiger partial charge in [0.25, 0.3) is 5.91 Å². The number of carbonyl (C=O) groups is 1. The number of carbonyl (C=O) groups excluding carboxylic acids is 1. The van der Waals surface area contributed by atoms with E-state index in [0.717, 1.165) is 36.2 Å². The molecule has 1 unspecified atom stereocenters. The number of aromatic nitrogens is 2. The number of fused-ring (bicyclic) bond motifs is 1. The third-order valence-corrected chi connectivity index (χ3v) is 8.85. The molecule has 1 amide bonds. The smallest absolute Gasteiger partial charge is 0.251 e. The first-order chi connectivity index (χ1) is 18.3. The molecule has 1 atom stereocenters. The summed E-state index contributed by atoms with van der Waals surface area (Å²) in [5.74, 6) is 0.633. The fourth-order valence-corrected chi connectivity index (χ4v) is 6.06. The van der Waals surface area contributed by atoms with Crippen LogP contribution in [0.5, 0.6) is 0 Å². The van der Waals surface area contributed by atoms with Gasteiger partial charge in [-0.1, -0.05) is 43.4 Å². The Bertz CT molecular complexity index is 1280. The zero-order chi connectivity index (χ0) is 26.7. The van der Waals surface area contributed by atoms with Gasteiger partial charge in [-0.15, -0.1) is 0 Å². The number of rotatable bonds is 8. The molecule has 3 aromatic rings. The highest BCUT2D eigenvalue weighted by Gasteiger charge is 2.26. The van der Waals surface area contributed by atoms with Crippen LogP contribution in [0.3, 0.4) is 0 Å². The Morgan fingerprint density at radius 2 is 1.89 bits per heavy atom. The SMILES string of the molecule is CN1CCCCC1CNC(=O)c1ccc2c(c1)nc(Nc1cc(CNC3(C)CCCCC3)ccc1Cl)n2C. The van der Waals surface area contributed by atoms with E-state index in [4.69, 9.17) is 16.6 Å². The molecular formula is C30H41ClN6O. The highest BCUT2D eigenvalue weighted by molar-refractivity contribution is 6.33. The first-order valence-electron chi connectivity index (χ1n) is 14.1. The van der Waals surface area contributed by atoms with Gasteiger partial charge in [0.1, 0.15) is 0 Å². The van der Waals surface area contributed by atoms with E-state index in [0.29, 0.717) is 29.1 Å². The van der Waals surface area contributed by atoms with E-state index in [1.54, 1.807) is 0 Å². The number of imidazole rings is 1. The van der Waals surface area contributed by atoms with Crippen LogP contribution in [-0.4, -0.2) is 52.1 Å². The monoisotopic (exact) mass is 536 g/mol. The minimum atomic E-state index is -0.0547. The predicted molar refractivity (Wildman–Crippen MR) is 156 cm³/mol. The summed E-state index contributed by atoms with van der Waals surface area (Å²) in [4.78, 5) is 20.0. The number of benzene rings is 2. The molecule has 2 heterocycles. The van der Waals surface area contributed by atoms with Crippen molar-refractivity contribution in [2.75, 3.05) is 25.5 Å². The van der Waals surface area contributed by atoms with Crippen LogP contribution < -0.4 is 16.0 Å². The lowest BCUT2D eigenvalue weighted by Gasteiger charge is -2.35. The topological polar surface area (TPSA) is 74.2 Å². The van der Waals surface area contributed by atoms with Crippen LogP contribution in [0.2, 0.25) is 5.02 Å². The molecule has 7 nitrogen and oxygen atoms in total. The van der Waals surface area contributed by atoms with Gasteiger partial charge in [-0.25, -0.2) is 4.98 Å². The average molecular weight is 537 g/mol. The second kappa shape index (κ2) is 11.6. The first kappa shape index (κ1) is 27.0. The number of halogens is 1. The third kappa shape index (κ3) is 6.16. The van der Waals surface area contributed by atoms with Gasteiger partial charge in [0.05, 0.1) is 21.7 Å². The van der Waals surface area contributed by atoms with Gasteiger partial charge in [-0.3, -0.25) is 4.79 Å². The van der Waals surface area contributed by atoms with Crippen LogP contribution in [-0.2, 0) is 13.6 Å². The van der Waals surface area contributed by atoms with Crippen LogP contribution in [0, 0.1) is 0 Å². The number of nitrogens with zero attached hydrogens (tertiary/aromatic N) is 3. The fourth-order valence-electron chi connectivity index (χ4n) is 5.89. The predicted octanol–water partition coefficient (Wildman–Crippen LogP) is 6.00. The van der Waals surface area contributed by atoms with E-state index in [1.807, 2.05) is 35.9 Å². The molecule has 1 aromatic heterocycles. The van der Waals surface area contributed by atoms with E-state index >= 15 is 0 Å². The summed E-state index contributed by atoms with van der Waals surface area (Å²) in [5.41, 5.74) is 4.58. The number of piperidine rings is 1. The van der Waals surface area contributed by atoms with E-state index in [1.165, 1.54) is 50.5 Å². The average Bonchev–Trinajstić information content (AvgIpc) is 3.23. The number of amides is 1. The molecular weight excluding hydrogens is 496 g/mol. The highest BCUT2D eigenvalue weighted by Crippen LogP contribution is 2.30. The van der Waals surface area contributed by atoms with Gasteiger partial charge in [-0.2, -0.15) is 0 Å². The molecule has 5 rings (SSSR count). The van der Waals surface area contributed by atoms with Crippen molar-refractivity contribution in [3.05, 3.63) is 52.5 Å². The lowest BCUT2D eigenvalue weighted by Crippen LogP contribution is -2.44. The maximum atomic E-state index is 12.9. The van der Waals surface area contributed by atoms with E-state index in [-0.39, 0.29) is 11.4 Å². The molecule has 38 heavy (non-hydrogen) atoms. The van der Waals surface area contributed by atoms with E-state index in [2.05, 4.69) is 47.0 Å². The molecule has 2 aromatic carbocycles. The van der Waals surface area contributed by atoms with Crippen molar-refractivity contribution in [2.45, 2.75) is 76.4 Å². The zero-order valence-electron chi connectivity index (χ0n) is 22.9. The summed E-state index contributed by atoms with van der Waals surface area (Å²) in [7, 11) is 4.11. The van der Waals surface area contributed by atoms with Crippen LogP contribution in [0.4, 0.5) is 11.6 Å². The number of hydrogen-bond acceptors (Lipinski definition) is 5. The number of nitrogens with one attached hydrogen (secondary N) is 3. The second-order valence-electron chi connectivity index (χ2n) is 11.5. The van der Waals surface area contributed by atoms with Gasteiger partial charge in [0.2, 0.25) is 5.95 Å². The van der Waals surface area contributed by atoms with Crippen LogP contribution in [0.15, 0.2) is 36.4 Å². The summed E-state index contributed by atoms with van der Waals surface area (Å²) in [6.07, 6.45) is 9.98. The summed E-state index contributed by atoms with van der Waals surface area (Å²) >= 11 is 6.57. The number of hydrogen-bond donors (Lipinski definition) is 3. The van der Waals surface area contributed by atoms with Crippen molar-refractivity contribution in [2.24, 2.45) is 7.05 Å². The normalized spacial score (nSPS) is 19.9. The van der Waals surface area contributed by atoms with Gasteiger partial charge >= 0.3 is 0 Å². The van der Waals surface area contributed by atoms with Crippen LogP contribution >= 0.6 is 11.6 Å². The number of likely N-dealkylation sites (tertiary alicyclic amines) is 1. The fraction of sp³-hybridized carbons (Fsp3) is 0.533. The summed E-state index contributed by atoms with van der Waals surface area (Å²) in [5, 5.41) is 11.0. The number of aryl methyl sites for hydroxylation is 1. The van der Waals surface area contributed by atoms with Crippen molar-refractivity contribution >= 4 is 40.2 Å². The van der Waals surface area contributed by atoms with Gasteiger partial charge in [0, 0.05) is 37.3 Å². The van der Waals surface area contributed by atoms with Crippen molar-refractivity contribution in [3.63, 3.8) is 0 Å². The van der Waals surface area contributed by atoms with Crippen molar-refractivity contribution in [3.8, 4) is 0 Å². The summed E-state index contributed by atoms with van der Waals surface area (Å²) < 4.78 is 2.00. The Morgan fingerprint density at radius 3 is 2.68 bits per heavy atom. The van der Waals surface area contributed by atoms with Crippen LogP contribution in [0.25, 0.3) is 11.0 Å². The Hall–Kier alpha value is -2.61. The molecule has 1 aliphatic carbocycles. The molecule has 0 bridgehead atoms. The summed E-state index contributed by atoms with van der Waals surface area (Å²) in [6, 6.07) is 12.2. The van der Waals surface area contributed by atoms with Crippen molar-refractivity contribution in [1.29, 1.82) is 0 Å². The maximum Gasteiger partial charge on any atom is 0.251 e. The van der Waals surface area contributed by atoms with Gasteiger partial charge in [0.15, 0.2) is 0 Å². The maximum absolute atomic E-state index is 12.9. The third-order valence-electron chi connectivity index (χ3n) is 8.52. The van der Waals surface area contributed by atoms with Gasteiger partial charge < -0.3 is 25.4 Å². The minimum absolute atomic E-state index is 0.0547.